The zero-order chi connectivity index (χ0) is 32.0. The van der Waals surface area contributed by atoms with Crippen LogP contribution in [0.4, 0.5) is 20.6 Å². The lowest BCUT2D eigenvalue weighted by Gasteiger charge is -2.28. The normalized spacial score (nSPS) is 20.4. The summed E-state index contributed by atoms with van der Waals surface area (Å²) in [5.74, 6) is 2.84. The Balaban J connectivity index is 1.45. The van der Waals surface area contributed by atoms with Gasteiger partial charge in [-0.2, -0.15) is 0 Å². The molecule has 0 saturated heterocycles. The molecule has 4 bridgehead atoms. The number of nitrogens with one attached hydrogen (secondary N) is 3. The first-order valence-electron chi connectivity index (χ1n) is 14.6. The van der Waals surface area contributed by atoms with Crippen LogP contribution < -0.4 is 16.2 Å². The second kappa shape index (κ2) is 11.7. The fourth-order valence-corrected chi connectivity index (χ4v) is 7.94. The molecule has 0 radical (unpaired) electrons. The Morgan fingerprint density at radius 1 is 1.11 bits per heavy atom. The molecule has 1 unspecified atom stereocenters. The van der Waals surface area contributed by atoms with Gasteiger partial charge in [0, 0.05) is 41.4 Å². The topological polar surface area (TPSA) is 133 Å². The van der Waals surface area contributed by atoms with Gasteiger partial charge < -0.3 is 19.9 Å². The third kappa shape index (κ3) is 6.02. The number of benzene rings is 3. The van der Waals surface area contributed by atoms with Crippen molar-refractivity contribution in [2.24, 2.45) is 0 Å². The molecule has 4 aromatic rings. The van der Waals surface area contributed by atoms with Gasteiger partial charge in [-0.25, -0.2) is 14.2 Å². The Morgan fingerprint density at radius 2 is 1.89 bits per heavy atom. The summed E-state index contributed by atoms with van der Waals surface area (Å²) in [6, 6.07) is 12.0. The number of aromatic amines is 1. The molecule has 12 heteroatoms. The van der Waals surface area contributed by atoms with Crippen LogP contribution in [0.15, 0.2) is 64.5 Å². The monoisotopic (exact) mass is 631 g/mol. The van der Waals surface area contributed by atoms with Crippen molar-refractivity contribution in [1.82, 2.24) is 14.9 Å². The lowest BCUT2D eigenvalue weighted by molar-refractivity contribution is -0.131. The van der Waals surface area contributed by atoms with Crippen LogP contribution >= 0.6 is 0 Å². The lowest BCUT2D eigenvalue weighted by atomic mass is 9.93. The van der Waals surface area contributed by atoms with E-state index < -0.39 is 38.9 Å². The zero-order valence-electron chi connectivity index (χ0n) is 25.2. The van der Waals surface area contributed by atoms with E-state index in [1.807, 2.05) is 26.0 Å². The number of hydrogen-bond donors (Lipinski definition) is 3. The van der Waals surface area contributed by atoms with Crippen LogP contribution in [-0.4, -0.2) is 55.9 Å². The van der Waals surface area contributed by atoms with E-state index in [1.165, 1.54) is 17.3 Å². The summed E-state index contributed by atoms with van der Waals surface area (Å²) in [6.07, 6.45) is 2.19. The van der Waals surface area contributed by atoms with Crippen molar-refractivity contribution in [1.29, 1.82) is 0 Å². The molecule has 234 valence electrons. The highest BCUT2D eigenvalue weighted by Crippen LogP contribution is 2.37. The fourth-order valence-electron chi connectivity index (χ4n) is 5.82. The minimum absolute atomic E-state index is 0.0357. The smallest absolute Gasteiger partial charge is 0.411 e. The third-order valence-corrected chi connectivity index (χ3v) is 11.1. The predicted molar refractivity (Wildman–Crippen MR) is 173 cm³/mol. The van der Waals surface area contributed by atoms with Crippen LogP contribution in [0.2, 0.25) is 0 Å². The SMILES string of the molecule is C=S(=O)(c1ccc2cc1CN(C)C(=O)[C@H](Nc1cc3c(=O)[nH]cnc3cc1F)c1ccc(c(C)c1)[C@@H](C)COC(=O)N2)C1CC1. The van der Waals surface area contributed by atoms with Crippen molar-refractivity contribution < 1.29 is 22.9 Å². The number of hydrogen-bond acceptors (Lipinski definition) is 7. The number of rotatable bonds is 4. The summed E-state index contributed by atoms with van der Waals surface area (Å²) in [4.78, 5) is 48.0. The number of halogens is 1. The van der Waals surface area contributed by atoms with Crippen molar-refractivity contribution in [2.75, 3.05) is 24.3 Å². The third-order valence-electron chi connectivity index (χ3n) is 8.42. The first-order valence-corrected chi connectivity index (χ1v) is 16.4. The quantitative estimate of drug-likeness (QED) is 0.268. The standard InChI is InChI=1S/C33H34FN5O5S/c1-18-11-20-5-9-24(18)19(2)16-44-33(42)37-22-6-10-29(45(4,43)23-7-8-23)21(12-22)15-39(3)32(41)30(20)38-28-13-25-27(14-26(28)34)35-17-36-31(25)40/h5-6,9-14,17,19,23,30,38H,4,7-8,15-16H2,1-3H3,(H,37,42)(H,35,36,40)/t19-,30+,45?/m0/s1. The van der Waals surface area contributed by atoms with Crippen LogP contribution in [0.1, 0.15) is 54.0 Å². The van der Waals surface area contributed by atoms with Gasteiger partial charge in [0.15, 0.2) is 0 Å². The Labute approximate surface area is 260 Å². The first-order chi connectivity index (χ1) is 21.4. The number of amides is 2. The molecule has 1 aliphatic carbocycles. The van der Waals surface area contributed by atoms with Crippen LogP contribution in [-0.2, 0) is 25.6 Å². The van der Waals surface area contributed by atoms with E-state index >= 15 is 4.39 Å². The highest BCUT2D eigenvalue weighted by molar-refractivity contribution is 8.01. The van der Waals surface area contributed by atoms with Gasteiger partial charge >= 0.3 is 6.09 Å². The maximum atomic E-state index is 15.4. The van der Waals surface area contributed by atoms with Gasteiger partial charge in [0.2, 0.25) is 5.91 Å². The molecule has 3 heterocycles. The first kappa shape index (κ1) is 30.3. The van der Waals surface area contributed by atoms with Crippen LogP contribution in [0, 0.1) is 12.7 Å². The van der Waals surface area contributed by atoms with Crippen molar-refractivity contribution in [3.63, 3.8) is 0 Å². The van der Waals surface area contributed by atoms with Crippen molar-refractivity contribution in [3.8, 4) is 0 Å². The molecule has 45 heavy (non-hydrogen) atoms. The highest BCUT2D eigenvalue weighted by Gasteiger charge is 2.34. The van der Waals surface area contributed by atoms with E-state index in [2.05, 4.69) is 26.5 Å². The molecule has 10 nitrogen and oxygen atoms in total. The molecule has 1 fully saturated rings. The van der Waals surface area contributed by atoms with Gasteiger partial charge in [0.05, 0.1) is 29.5 Å². The molecule has 3 N–H and O–H groups in total. The molecule has 2 aliphatic heterocycles. The fraction of sp³-hybridized carbons (Fsp3) is 0.303. The number of aromatic nitrogens is 2. The molecular formula is C33H34FN5O5S. The second-order valence-electron chi connectivity index (χ2n) is 11.8. The number of anilines is 2. The van der Waals surface area contributed by atoms with Gasteiger partial charge in [-0.15, -0.1) is 0 Å². The summed E-state index contributed by atoms with van der Waals surface area (Å²) < 4.78 is 34.7. The number of H-pyrrole nitrogens is 1. The van der Waals surface area contributed by atoms with Gasteiger partial charge in [-0.05, 0) is 81.7 Å². The summed E-state index contributed by atoms with van der Waals surface area (Å²) in [7, 11) is -1.06. The maximum absolute atomic E-state index is 15.4. The minimum Gasteiger partial charge on any atom is -0.449 e. The molecule has 7 rings (SSSR count). The van der Waals surface area contributed by atoms with E-state index in [1.54, 1.807) is 31.3 Å². The Morgan fingerprint density at radius 3 is 2.62 bits per heavy atom. The number of carbonyl (C=O) groups is 2. The van der Waals surface area contributed by atoms with Gasteiger partial charge in [0.25, 0.3) is 5.56 Å². The molecule has 3 atom stereocenters. The average molecular weight is 632 g/mol. The molecule has 0 spiro atoms. The molecule has 1 saturated carbocycles. The molecule has 1 aromatic heterocycles. The number of fused-ring (bicyclic) bond motifs is 10. The van der Waals surface area contributed by atoms with E-state index in [9.17, 15) is 18.6 Å². The molecule has 2 amide bonds. The molecular weight excluding hydrogens is 597 g/mol. The summed E-state index contributed by atoms with van der Waals surface area (Å²) in [5, 5.41) is 5.92. The molecule has 3 aliphatic rings. The number of carbonyl (C=O) groups excluding carboxylic acids is 2. The van der Waals surface area contributed by atoms with Crippen LogP contribution in [0.25, 0.3) is 10.9 Å². The maximum Gasteiger partial charge on any atom is 0.411 e. The van der Waals surface area contributed by atoms with Crippen molar-refractivity contribution in [2.45, 2.75) is 55.3 Å². The Bertz CT molecular complexity index is 2010. The predicted octanol–water partition coefficient (Wildman–Crippen LogP) is 5.09. The summed E-state index contributed by atoms with van der Waals surface area (Å²) in [6.45, 7) is 3.97. The Kier molecular flexibility index (Phi) is 7.86. The number of nitrogens with zero attached hydrogens (tertiary/aromatic N) is 2. The minimum atomic E-state index is -2.67. The van der Waals surface area contributed by atoms with Gasteiger partial charge in [-0.3, -0.25) is 19.1 Å². The largest absolute Gasteiger partial charge is 0.449 e. The number of ether oxygens (including phenoxy) is 1. The average Bonchev–Trinajstić information content (AvgIpc) is 3.85. The van der Waals surface area contributed by atoms with Crippen molar-refractivity contribution >= 4 is 49.7 Å². The van der Waals surface area contributed by atoms with Crippen LogP contribution in [0.5, 0.6) is 0 Å². The van der Waals surface area contributed by atoms with Gasteiger partial charge in [0.1, 0.15) is 11.9 Å². The van der Waals surface area contributed by atoms with Crippen molar-refractivity contribution in [3.05, 3.63) is 93.3 Å². The second-order valence-corrected chi connectivity index (χ2v) is 14.4. The lowest BCUT2D eigenvalue weighted by Crippen LogP contribution is -2.35. The number of likely N-dealkylation sites (N-methyl/N-ethyl adjacent to an activating group) is 1. The van der Waals surface area contributed by atoms with E-state index in [-0.39, 0.29) is 40.9 Å². The zero-order valence-corrected chi connectivity index (χ0v) is 26.0. The number of aryl methyl sites for hydroxylation is 1. The van der Waals surface area contributed by atoms with E-state index in [0.29, 0.717) is 21.7 Å². The van der Waals surface area contributed by atoms with E-state index in [4.69, 9.17) is 4.74 Å². The van der Waals surface area contributed by atoms with Gasteiger partial charge in [-0.1, -0.05) is 25.1 Å². The highest BCUT2D eigenvalue weighted by atomic mass is 32.2. The molecule has 3 aromatic carbocycles. The summed E-state index contributed by atoms with van der Waals surface area (Å²) in [5.41, 5.74) is 3.05. The van der Waals surface area contributed by atoms with Crippen LogP contribution in [0.3, 0.4) is 0 Å². The Hall–Kier alpha value is -4.71. The summed E-state index contributed by atoms with van der Waals surface area (Å²) >= 11 is 0. The van der Waals surface area contributed by atoms with E-state index in [0.717, 1.165) is 30.0 Å².